The number of aromatic hydroxyl groups is 1. The first kappa shape index (κ1) is 22.3. The molecular formula is C16H21N3O7S. The zero-order chi connectivity index (χ0) is 20.4. The number of ether oxygens (including phenoxy) is 1. The Morgan fingerprint density at radius 2 is 1.89 bits per heavy atom. The van der Waals surface area contributed by atoms with Crippen LogP contribution in [-0.2, 0) is 19.2 Å². The molecular weight excluding hydrogens is 378 g/mol. The predicted octanol–water partition coefficient (Wildman–Crippen LogP) is -0.979. The zero-order valence-corrected chi connectivity index (χ0v) is 15.1. The van der Waals surface area contributed by atoms with Gasteiger partial charge in [0.15, 0.2) is 11.5 Å². The minimum atomic E-state index is -1.23. The van der Waals surface area contributed by atoms with E-state index in [1.807, 2.05) is 0 Å². The third kappa shape index (κ3) is 7.96. The van der Waals surface area contributed by atoms with Gasteiger partial charge >= 0.3 is 11.9 Å². The summed E-state index contributed by atoms with van der Waals surface area (Å²) in [6, 6.07) is 3.63. The molecule has 0 aliphatic carbocycles. The van der Waals surface area contributed by atoms with E-state index in [1.165, 1.54) is 12.1 Å². The molecule has 148 valence electrons. The minimum absolute atomic E-state index is 0.0446. The Morgan fingerprint density at radius 1 is 1.22 bits per heavy atom. The first-order chi connectivity index (χ1) is 12.7. The maximum Gasteiger partial charge on any atom is 0.330 e. The maximum atomic E-state index is 12.0. The summed E-state index contributed by atoms with van der Waals surface area (Å²) in [4.78, 5) is 46.1. The number of benzene rings is 1. The van der Waals surface area contributed by atoms with Crippen LogP contribution in [0.2, 0.25) is 0 Å². The molecule has 0 radical (unpaired) electrons. The van der Waals surface area contributed by atoms with Crippen LogP contribution in [-0.4, -0.2) is 58.3 Å². The van der Waals surface area contributed by atoms with E-state index in [-0.39, 0.29) is 30.1 Å². The number of carboxylic acids is 1. The lowest BCUT2D eigenvalue weighted by Crippen LogP contribution is -2.49. The van der Waals surface area contributed by atoms with Gasteiger partial charge in [0.05, 0.1) is 0 Å². The Bertz CT molecular complexity index is 698. The molecule has 1 rings (SSSR count). The molecule has 0 fully saturated rings. The maximum absolute atomic E-state index is 12.0. The van der Waals surface area contributed by atoms with Gasteiger partial charge in [0.25, 0.3) is 0 Å². The molecule has 0 aliphatic rings. The van der Waals surface area contributed by atoms with Crippen molar-refractivity contribution in [1.29, 1.82) is 0 Å². The Balaban J connectivity index is 2.44. The number of phenols is 1. The van der Waals surface area contributed by atoms with E-state index in [0.29, 0.717) is 0 Å². The molecule has 11 heteroatoms. The Hall–Kier alpha value is -2.79. The molecule has 0 heterocycles. The van der Waals surface area contributed by atoms with Gasteiger partial charge in [0, 0.05) is 12.2 Å². The van der Waals surface area contributed by atoms with Crippen LogP contribution < -0.4 is 21.1 Å². The molecule has 0 saturated heterocycles. The van der Waals surface area contributed by atoms with Crippen molar-refractivity contribution < 1.29 is 34.1 Å². The number of carbonyl (C=O) groups excluding carboxylic acids is 3. The van der Waals surface area contributed by atoms with Gasteiger partial charge in [-0.2, -0.15) is 12.6 Å². The lowest BCUT2D eigenvalue weighted by atomic mass is 10.1. The van der Waals surface area contributed by atoms with Gasteiger partial charge in [-0.3, -0.25) is 14.4 Å². The highest BCUT2D eigenvalue weighted by atomic mass is 32.1. The number of carboxylic acid groups (broad SMARTS) is 1. The number of thiol groups is 1. The highest BCUT2D eigenvalue weighted by molar-refractivity contribution is 7.80. The van der Waals surface area contributed by atoms with Gasteiger partial charge in [-0.25, -0.2) is 4.79 Å². The highest BCUT2D eigenvalue weighted by Crippen LogP contribution is 2.24. The third-order valence-electron chi connectivity index (χ3n) is 3.33. The fraction of sp³-hybridized carbons (Fsp3) is 0.375. The average Bonchev–Trinajstić information content (AvgIpc) is 2.63. The van der Waals surface area contributed by atoms with Gasteiger partial charge in [0.1, 0.15) is 18.6 Å². The van der Waals surface area contributed by atoms with Crippen LogP contribution in [0.1, 0.15) is 12.8 Å². The molecule has 2 unspecified atom stereocenters. The van der Waals surface area contributed by atoms with E-state index in [0.717, 1.165) is 0 Å². The minimum Gasteiger partial charge on any atom is -0.504 e. The SMILES string of the molecule is NC(CCC(=O)NC(CS)C(=O)NCC(=O)Oc1ccccc1O)C(=O)O. The van der Waals surface area contributed by atoms with Crippen LogP contribution >= 0.6 is 12.6 Å². The summed E-state index contributed by atoms with van der Waals surface area (Å²) < 4.78 is 4.90. The largest absolute Gasteiger partial charge is 0.504 e. The Kier molecular flexibility index (Phi) is 9.09. The summed E-state index contributed by atoms with van der Waals surface area (Å²) >= 11 is 3.97. The summed E-state index contributed by atoms with van der Waals surface area (Å²) in [5.41, 5.74) is 5.30. The van der Waals surface area contributed by atoms with Crippen LogP contribution in [0.25, 0.3) is 0 Å². The van der Waals surface area contributed by atoms with Crippen molar-refractivity contribution in [2.24, 2.45) is 5.73 Å². The number of rotatable bonds is 10. The van der Waals surface area contributed by atoms with Crippen molar-refractivity contribution in [3.8, 4) is 11.5 Å². The molecule has 0 aliphatic heterocycles. The van der Waals surface area contributed by atoms with Gasteiger partial charge in [-0.05, 0) is 18.6 Å². The molecule has 6 N–H and O–H groups in total. The molecule has 0 bridgehead atoms. The summed E-state index contributed by atoms with van der Waals surface area (Å²) in [5.74, 6) is -3.61. The number of para-hydroxylation sites is 2. The van der Waals surface area contributed by atoms with Crippen LogP contribution in [0.15, 0.2) is 24.3 Å². The fourth-order valence-corrected chi connectivity index (χ4v) is 2.11. The number of hydrogen-bond donors (Lipinski definition) is 6. The molecule has 0 saturated carbocycles. The summed E-state index contributed by atoms with van der Waals surface area (Å²) in [6.45, 7) is -0.489. The van der Waals surface area contributed by atoms with Crippen LogP contribution in [0.4, 0.5) is 0 Å². The number of aliphatic carboxylic acids is 1. The molecule has 10 nitrogen and oxygen atoms in total. The Labute approximate surface area is 160 Å². The van der Waals surface area contributed by atoms with Gasteiger partial charge in [-0.1, -0.05) is 12.1 Å². The summed E-state index contributed by atoms with van der Waals surface area (Å²) in [7, 11) is 0. The summed E-state index contributed by atoms with van der Waals surface area (Å²) in [5, 5.41) is 22.8. The number of carbonyl (C=O) groups is 4. The van der Waals surface area contributed by atoms with E-state index in [9.17, 15) is 24.3 Å². The average molecular weight is 399 g/mol. The van der Waals surface area contributed by atoms with E-state index in [4.69, 9.17) is 15.6 Å². The monoisotopic (exact) mass is 399 g/mol. The number of hydrogen-bond acceptors (Lipinski definition) is 8. The number of amides is 2. The number of phenolic OH excluding ortho intramolecular Hbond substituents is 1. The number of nitrogens with two attached hydrogens (primary N) is 1. The fourth-order valence-electron chi connectivity index (χ4n) is 1.86. The van der Waals surface area contributed by atoms with Gasteiger partial charge < -0.3 is 31.3 Å². The second-order valence-electron chi connectivity index (χ2n) is 5.45. The smallest absolute Gasteiger partial charge is 0.330 e. The molecule has 1 aromatic rings. The first-order valence-corrected chi connectivity index (χ1v) is 8.52. The molecule has 0 aromatic heterocycles. The number of nitrogens with one attached hydrogen (secondary N) is 2. The van der Waals surface area contributed by atoms with Crippen LogP contribution in [0.3, 0.4) is 0 Å². The van der Waals surface area contributed by atoms with Crippen molar-refractivity contribution in [2.45, 2.75) is 24.9 Å². The summed E-state index contributed by atoms with van der Waals surface area (Å²) in [6.07, 6.45) is -0.269. The quantitative estimate of drug-likeness (QED) is 0.166. The van der Waals surface area contributed by atoms with E-state index < -0.39 is 42.4 Å². The van der Waals surface area contributed by atoms with Gasteiger partial charge in [0.2, 0.25) is 11.8 Å². The van der Waals surface area contributed by atoms with E-state index >= 15 is 0 Å². The van der Waals surface area contributed by atoms with Crippen LogP contribution in [0, 0.1) is 0 Å². The lowest BCUT2D eigenvalue weighted by molar-refractivity contribution is -0.139. The molecule has 27 heavy (non-hydrogen) atoms. The zero-order valence-electron chi connectivity index (χ0n) is 14.3. The van der Waals surface area contributed by atoms with E-state index in [2.05, 4.69) is 23.3 Å². The Morgan fingerprint density at radius 3 is 2.48 bits per heavy atom. The second kappa shape index (κ2) is 11.0. The third-order valence-corrected chi connectivity index (χ3v) is 3.70. The topological polar surface area (TPSA) is 168 Å². The molecule has 1 aromatic carbocycles. The second-order valence-corrected chi connectivity index (χ2v) is 5.81. The predicted molar refractivity (Wildman–Crippen MR) is 97.4 cm³/mol. The lowest BCUT2D eigenvalue weighted by Gasteiger charge is -2.16. The van der Waals surface area contributed by atoms with E-state index in [1.54, 1.807) is 12.1 Å². The number of esters is 1. The van der Waals surface area contributed by atoms with Crippen molar-refractivity contribution in [3.05, 3.63) is 24.3 Å². The van der Waals surface area contributed by atoms with Crippen molar-refractivity contribution in [1.82, 2.24) is 10.6 Å². The molecule has 2 atom stereocenters. The van der Waals surface area contributed by atoms with Crippen molar-refractivity contribution in [2.75, 3.05) is 12.3 Å². The highest BCUT2D eigenvalue weighted by Gasteiger charge is 2.21. The molecule has 2 amide bonds. The standard InChI is InChI=1S/C16H21N3O7S/c17-9(16(24)25)5-6-13(21)19-10(8-27)15(23)18-7-14(22)26-12-4-2-1-3-11(12)20/h1-4,9-10,20,27H,5-8,17H2,(H,18,23)(H,19,21)(H,24,25). The first-order valence-electron chi connectivity index (χ1n) is 7.89. The normalized spacial score (nSPS) is 12.5. The van der Waals surface area contributed by atoms with Crippen molar-refractivity contribution in [3.63, 3.8) is 0 Å². The molecule has 0 spiro atoms. The van der Waals surface area contributed by atoms with Gasteiger partial charge in [-0.15, -0.1) is 0 Å². The van der Waals surface area contributed by atoms with Crippen LogP contribution in [0.5, 0.6) is 11.5 Å². The van der Waals surface area contributed by atoms with Crippen molar-refractivity contribution >= 4 is 36.4 Å².